The molecule has 2 nitrogen and oxygen atoms in total. The minimum absolute atomic E-state index is 0.443. The van der Waals surface area contributed by atoms with Gasteiger partial charge in [-0.1, -0.05) is 0 Å². The second-order valence-corrected chi connectivity index (χ2v) is 4.50. The lowest BCUT2D eigenvalue weighted by Gasteiger charge is -2.10. The van der Waals surface area contributed by atoms with Crippen molar-refractivity contribution < 1.29 is 9.84 Å². The van der Waals surface area contributed by atoms with Crippen LogP contribution >= 0.6 is 22.6 Å². The van der Waals surface area contributed by atoms with Crippen LogP contribution in [0, 0.1) is 3.57 Å². The predicted octanol–water partition coefficient (Wildman–Crippen LogP) is 2.28. The van der Waals surface area contributed by atoms with Crippen LogP contribution in [0.15, 0.2) is 12.1 Å². The molecular weight excluding hydrogens is 279 g/mol. The molecule has 0 unspecified atom stereocenters. The smallest absolute Gasteiger partial charge is 0.128 e. The zero-order valence-electron chi connectivity index (χ0n) is 7.38. The molecule has 0 bridgehead atoms. The van der Waals surface area contributed by atoms with E-state index in [9.17, 15) is 5.11 Å². The number of ether oxygens (including phenoxy) is 1. The Kier molecular flexibility index (Phi) is 2.47. The Morgan fingerprint density at radius 3 is 3.00 bits per heavy atom. The number of hydrogen-bond acceptors (Lipinski definition) is 2. The average Bonchev–Trinajstić information content (AvgIpc) is 2.49. The monoisotopic (exact) mass is 290 g/mol. The molecule has 0 aromatic heterocycles. The summed E-state index contributed by atoms with van der Waals surface area (Å²) in [6, 6.07) is 4.10. The second kappa shape index (κ2) is 3.46. The van der Waals surface area contributed by atoms with E-state index in [-0.39, 0.29) is 0 Å². The molecule has 1 aromatic rings. The molecule has 1 aliphatic rings. The first-order chi connectivity index (χ1) is 6.18. The van der Waals surface area contributed by atoms with Crippen LogP contribution in [0.2, 0.25) is 0 Å². The number of halogens is 1. The molecule has 0 saturated heterocycles. The maximum atomic E-state index is 9.53. The van der Waals surface area contributed by atoms with Gasteiger partial charge in [-0.25, -0.2) is 0 Å². The van der Waals surface area contributed by atoms with Gasteiger partial charge in [-0.05, 0) is 47.2 Å². The molecule has 0 fully saturated rings. The molecule has 1 N–H and O–H groups in total. The largest absolute Gasteiger partial charge is 0.493 e. The standard InChI is InChI=1S/C10H11IO2/c1-6(12)9-5-8(11)4-7-2-3-13-10(7)9/h4-6,12H,2-3H2,1H3/t6-/m0/s1. The van der Waals surface area contributed by atoms with Crippen LogP contribution in [0.4, 0.5) is 0 Å². The number of fused-ring (bicyclic) bond motifs is 1. The van der Waals surface area contributed by atoms with Crippen molar-refractivity contribution in [3.05, 3.63) is 26.8 Å². The Hall–Kier alpha value is -0.290. The Labute approximate surface area is 91.1 Å². The fourth-order valence-electron chi connectivity index (χ4n) is 1.61. The molecule has 1 aromatic carbocycles. The summed E-state index contributed by atoms with van der Waals surface area (Å²) in [5, 5.41) is 9.53. The van der Waals surface area contributed by atoms with Gasteiger partial charge in [0.2, 0.25) is 0 Å². The van der Waals surface area contributed by atoms with Crippen molar-refractivity contribution in [2.75, 3.05) is 6.61 Å². The van der Waals surface area contributed by atoms with Crippen molar-refractivity contribution in [3.8, 4) is 5.75 Å². The summed E-state index contributed by atoms with van der Waals surface area (Å²) in [6.07, 6.45) is 0.521. The van der Waals surface area contributed by atoms with Crippen LogP contribution in [0.1, 0.15) is 24.2 Å². The minimum atomic E-state index is -0.443. The zero-order chi connectivity index (χ0) is 9.42. The molecule has 0 spiro atoms. The quantitative estimate of drug-likeness (QED) is 0.804. The van der Waals surface area contributed by atoms with Crippen molar-refractivity contribution in [2.24, 2.45) is 0 Å². The third-order valence-electron chi connectivity index (χ3n) is 2.23. The molecule has 3 heteroatoms. The van der Waals surface area contributed by atoms with E-state index in [4.69, 9.17) is 4.74 Å². The van der Waals surface area contributed by atoms with Crippen molar-refractivity contribution in [1.29, 1.82) is 0 Å². The topological polar surface area (TPSA) is 29.5 Å². The van der Waals surface area contributed by atoms with Gasteiger partial charge < -0.3 is 9.84 Å². The molecule has 0 radical (unpaired) electrons. The highest BCUT2D eigenvalue weighted by Crippen LogP contribution is 2.34. The van der Waals surface area contributed by atoms with Crippen LogP contribution in [0.3, 0.4) is 0 Å². The van der Waals surface area contributed by atoms with Gasteiger partial charge in [-0.3, -0.25) is 0 Å². The fraction of sp³-hybridized carbons (Fsp3) is 0.400. The normalized spacial score (nSPS) is 16.5. The number of rotatable bonds is 1. The van der Waals surface area contributed by atoms with E-state index in [1.54, 1.807) is 6.92 Å². The van der Waals surface area contributed by atoms with Gasteiger partial charge in [0.1, 0.15) is 5.75 Å². The molecule has 1 heterocycles. The first kappa shape index (κ1) is 9.27. The van der Waals surface area contributed by atoms with Crippen molar-refractivity contribution in [3.63, 3.8) is 0 Å². The van der Waals surface area contributed by atoms with Gasteiger partial charge in [0.25, 0.3) is 0 Å². The second-order valence-electron chi connectivity index (χ2n) is 3.26. The summed E-state index contributed by atoms with van der Waals surface area (Å²) in [5.41, 5.74) is 2.14. The first-order valence-electron chi connectivity index (χ1n) is 4.31. The van der Waals surface area contributed by atoms with Gasteiger partial charge in [0.15, 0.2) is 0 Å². The van der Waals surface area contributed by atoms with Gasteiger partial charge in [-0.15, -0.1) is 0 Å². The van der Waals surface area contributed by atoms with E-state index < -0.39 is 6.10 Å². The van der Waals surface area contributed by atoms with E-state index in [0.717, 1.165) is 27.9 Å². The molecular formula is C10H11IO2. The third-order valence-corrected chi connectivity index (χ3v) is 2.85. The lowest BCUT2D eigenvalue weighted by Crippen LogP contribution is -1.96. The Morgan fingerprint density at radius 2 is 2.31 bits per heavy atom. The van der Waals surface area contributed by atoms with Gasteiger partial charge >= 0.3 is 0 Å². The molecule has 0 saturated carbocycles. The highest BCUT2D eigenvalue weighted by atomic mass is 127. The number of benzene rings is 1. The molecule has 1 aliphatic heterocycles. The maximum absolute atomic E-state index is 9.53. The Balaban J connectivity index is 2.55. The molecule has 0 aliphatic carbocycles. The Bertz CT molecular complexity index is 334. The van der Waals surface area contributed by atoms with E-state index in [0.29, 0.717) is 0 Å². The lowest BCUT2D eigenvalue weighted by atomic mass is 10.0. The summed E-state index contributed by atoms with van der Waals surface area (Å²) >= 11 is 2.27. The fourth-order valence-corrected chi connectivity index (χ4v) is 2.32. The average molecular weight is 290 g/mol. The van der Waals surface area contributed by atoms with Gasteiger partial charge in [0, 0.05) is 15.6 Å². The van der Waals surface area contributed by atoms with E-state index in [1.165, 1.54) is 5.56 Å². The minimum Gasteiger partial charge on any atom is -0.493 e. The molecule has 0 amide bonds. The van der Waals surface area contributed by atoms with Crippen molar-refractivity contribution in [1.82, 2.24) is 0 Å². The van der Waals surface area contributed by atoms with Crippen LogP contribution < -0.4 is 4.74 Å². The van der Waals surface area contributed by atoms with E-state index >= 15 is 0 Å². The molecule has 13 heavy (non-hydrogen) atoms. The predicted molar refractivity (Wildman–Crippen MR) is 59.0 cm³/mol. The third kappa shape index (κ3) is 1.67. The number of hydrogen-bond donors (Lipinski definition) is 1. The SMILES string of the molecule is C[C@H](O)c1cc(I)cc2c1OCC2. The maximum Gasteiger partial charge on any atom is 0.128 e. The van der Waals surface area contributed by atoms with Crippen LogP contribution in [0.5, 0.6) is 5.75 Å². The van der Waals surface area contributed by atoms with E-state index in [1.807, 2.05) is 6.07 Å². The number of aliphatic hydroxyl groups excluding tert-OH is 1. The summed E-state index contributed by atoms with van der Waals surface area (Å²) in [6.45, 7) is 2.52. The molecule has 2 rings (SSSR count). The van der Waals surface area contributed by atoms with Crippen LogP contribution in [-0.4, -0.2) is 11.7 Å². The molecule has 70 valence electrons. The Morgan fingerprint density at radius 1 is 1.54 bits per heavy atom. The summed E-state index contributed by atoms with van der Waals surface area (Å²) in [4.78, 5) is 0. The van der Waals surface area contributed by atoms with Crippen LogP contribution in [-0.2, 0) is 6.42 Å². The highest BCUT2D eigenvalue weighted by molar-refractivity contribution is 14.1. The van der Waals surface area contributed by atoms with Crippen molar-refractivity contribution in [2.45, 2.75) is 19.4 Å². The first-order valence-corrected chi connectivity index (χ1v) is 5.39. The van der Waals surface area contributed by atoms with Crippen molar-refractivity contribution >= 4 is 22.6 Å². The zero-order valence-corrected chi connectivity index (χ0v) is 9.54. The summed E-state index contributed by atoms with van der Waals surface area (Å²) < 4.78 is 6.65. The van der Waals surface area contributed by atoms with Crippen LogP contribution in [0.25, 0.3) is 0 Å². The number of aliphatic hydroxyl groups is 1. The highest BCUT2D eigenvalue weighted by Gasteiger charge is 2.19. The summed E-state index contributed by atoms with van der Waals surface area (Å²) in [7, 11) is 0. The van der Waals surface area contributed by atoms with E-state index in [2.05, 4.69) is 28.7 Å². The van der Waals surface area contributed by atoms with Gasteiger partial charge in [-0.2, -0.15) is 0 Å². The molecule has 1 atom stereocenters. The lowest BCUT2D eigenvalue weighted by molar-refractivity contribution is 0.193. The summed E-state index contributed by atoms with van der Waals surface area (Å²) in [5.74, 6) is 0.899. The van der Waals surface area contributed by atoms with Gasteiger partial charge in [0.05, 0.1) is 12.7 Å².